The van der Waals surface area contributed by atoms with E-state index in [2.05, 4.69) is 0 Å². The largest absolute Gasteiger partial charge is 0.515 e. The molecule has 1 N–H and O–H groups in total. The summed E-state index contributed by atoms with van der Waals surface area (Å²) in [6.07, 6.45) is 2.21. The Morgan fingerprint density at radius 1 is 1.40 bits per heavy atom. The molecule has 78 valence electrons. The number of fused-ring (bicyclic) bond motifs is 1. The van der Waals surface area contributed by atoms with Gasteiger partial charge in [-0.15, -0.1) is 0 Å². The molecule has 1 aromatic carbocycles. The molecular weight excluding hydrogens is 192 g/mol. The quantitative estimate of drug-likeness (QED) is 0.563. The van der Waals surface area contributed by atoms with Gasteiger partial charge in [0.2, 0.25) is 0 Å². The van der Waals surface area contributed by atoms with E-state index in [0.29, 0.717) is 17.6 Å². The van der Waals surface area contributed by atoms with Crippen LogP contribution in [0.1, 0.15) is 22.3 Å². The van der Waals surface area contributed by atoms with E-state index >= 15 is 0 Å². The van der Waals surface area contributed by atoms with E-state index in [9.17, 15) is 4.79 Å². The summed E-state index contributed by atoms with van der Waals surface area (Å²) in [4.78, 5) is 11.8. The van der Waals surface area contributed by atoms with Gasteiger partial charge in [0, 0.05) is 16.7 Å². The smallest absolute Gasteiger partial charge is 0.192 e. The van der Waals surface area contributed by atoms with Gasteiger partial charge in [-0.25, -0.2) is 0 Å². The van der Waals surface area contributed by atoms with E-state index in [0.717, 1.165) is 24.0 Å². The summed E-state index contributed by atoms with van der Waals surface area (Å²) < 4.78 is 5.20. The van der Waals surface area contributed by atoms with E-state index < -0.39 is 0 Å². The highest BCUT2D eigenvalue weighted by molar-refractivity contribution is 6.10. The van der Waals surface area contributed by atoms with Gasteiger partial charge in [-0.05, 0) is 18.9 Å². The molecule has 0 unspecified atom stereocenters. The van der Waals surface area contributed by atoms with Crippen LogP contribution in [0, 0.1) is 0 Å². The second kappa shape index (κ2) is 3.77. The van der Waals surface area contributed by atoms with Gasteiger partial charge in [-0.3, -0.25) is 4.79 Å². The van der Waals surface area contributed by atoms with Crippen LogP contribution in [0.2, 0.25) is 0 Å². The van der Waals surface area contributed by atoms with E-state index in [4.69, 9.17) is 9.84 Å². The lowest BCUT2D eigenvalue weighted by Crippen LogP contribution is -2.15. The summed E-state index contributed by atoms with van der Waals surface area (Å²) in [6, 6.07) is 5.40. The average molecular weight is 204 g/mol. The Bertz CT molecular complexity index is 432. The van der Waals surface area contributed by atoms with Crippen molar-refractivity contribution in [3.8, 4) is 5.75 Å². The topological polar surface area (TPSA) is 46.5 Å². The van der Waals surface area contributed by atoms with Crippen molar-refractivity contribution in [2.75, 3.05) is 7.11 Å². The first-order chi connectivity index (χ1) is 7.27. The molecule has 0 aliphatic heterocycles. The second-order valence-electron chi connectivity index (χ2n) is 3.47. The maximum atomic E-state index is 11.8. The predicted octanol–water partition coefficient (Wildman–Crippen LogP) is 2.27. The maximum absolute atomic E-state index is 11.8. The van der Waals surface area contributed by atoms with Gasteiger partial charge in [-0.1, -0.05) is 12.1 Å². The molecule has 3 nitrogen and oxygen atoms in total. The van der Waals surface area contributed by atoms with Crippen LogP contribution in [-0.2, 0) is 6.42 Å². The van der Waals surface area contributed by atoms with Crippen molar-refractivity contribution >= 4 is 5.78 Å². The number of rotatable bonds is 1. The van der Waals surface area contributed by atoms with Crippen molar-refractivity contribution in [1.29, 1.82) is 0 Å². The lowest BCUT2D eigenvalue weighted by Gasteiger charge is -2.18. The molecule has 15 heavy (non-hydrogen) atoms. The third kappa shape index (κ3) is 1.50. The number of aliphatic hydroxyl groups is 1. The summed E-state index contributed by atoms with van der Waals surface area (Å²) >= 11 is 0. The molecular formula is C12H12O3. The van der Waals surface area contributed by atoms with Crippen LogP contribution in [0.3, 0.4) is 0 Å². The number of allylic oxidation sites excluding steroid dienone is 1. The number of Topliss-reactive ketones (excluding diaryl/α,β-unsaturated/α-hetero) is 1. The van der Waals surface area contributed by atoms with E-state index in [1.54, 1.807) is 19.2 Å². The minimum atomic E-state index is -0.0994. The molecule has 3 heteroatoms. The van der Waals surface area contributed by atoms with Crippen LogP contribution in [0.25, 0.3) is 0 Å². The summed E-state index contributed by atoms with van der Waals surface area (Å²) in [6.45, 7) is 0. The fourth-order valence-corrected chi connectivity index (χ4v) is 1.90. The minimum absolute atomic E-state index is 0.0994. The summed E-state index contributed by atoms with van der Waals surface area (Å²) in [5, 5.41) is 8.90. The molecule has 0 heterocycles. The SMILES string of the molecule is COc1cccc2c1CCC(=CO)C2=O. The Kier molecular flexibility index (Phi) is 2.46. The molecule has 0 fully saturated rings. The summed E-state index contributed by atoms with van der Waals surface area (Å²) in [5.74, 6) is 0.649. The molecule has 0 aromatic heterocycles. The van der Waals surface area contributed by atoms with Crippen molar-refractivity contribution in [3.05, 3.63) is 41.2 Å². The summed E-state index contributed by atoms with van der Waals surface area (Å²) in [7, 11) is 1.59. The average Bonchev–Trinajstić information content (AvgIpc) is 2.29. The molecule has 0 amide bonds. The lowest BCUT2D eigenvalue weighted by atomic mass is 9.87. The molecule has 2 rings (SSSR count). The number of carbonyl (C=O) groups excluding carboxylic acids is 1. The van der Waals surface area contributed by atoms with Gasteiger partial charge < -0.3 is 9.84 Å². The fraction of sp³-hybridized carbons (Fsp3) is 0.250. The van der Waals surface area contributed by atoms with Gasteiger partial charge in [0.15, 0.2) is 5.78 Å². The van der Waals surface area contributed by atoms with E-state index in [-0.39, 0.29) is 5.78 Å². The maximum Gasteiger partial charge on any atom is 0.192 e. The molecule has 0 radical (unpaired) electrons. The van der Waals surface area contributed by atoms with Crippen LogP contribution in [0.5, 0.6) is 5.75 Å². The molecule has 0 atom stereocenters. The van der Waals surface area contributed by atoms with Crippen LogP contribution >= 0.6 is 0 Å². The van der Waals surface area contributed by atoms with Gasteiger partial charge in [-0.2, -0.15) is 0 Å². The van der Waals surface area contributed by atoms with Crippen LogP contribution in [0.4, 0.5) is 0 Å². The third-order valence-corrected chi connectivity index (χ3v) is 2.69. The first-order valence-corrected chi connectivity index (χ1v) is 4.81. The van der Waals surface area contributed by atoms with E-state index in [1.807, 2.05) is 6.07 Å². The zero-order valence-electron chi connectivity index (χ0n) is 8.49. The van der Waals surface area contributed by atoms with Crippen LogP contribution in [-0.4, -0.2) is 18.0 Å². The van der Waals surface area contributed by atoms with Crippen molar-refractivity contribution in [2.24, 2.45) is 0 Å². The standard InChI is InChI=1S/C12H12O3/c1-15-11-4-2-3-10-9(11)6-5-8(7-13)12(10)14/h2-4,7,13H,5-6H2,1H3. The molecule has 0 spiro atoms. The second-order valence-corrected chi connectivity index (χ2v) is 3.47. The Hall–Kier alpha value is -1.77. The third-order valence-electron chi connectivity index (χ3n) is 2.69. The van der Waals surface area contributed by atoms with Crippen molar-refractivity contribution in [2.45, 2.75) is 12.8 Å². The van der Waals surface area contributed by atoms with Crippen molar-refractivity contribution in [3.63, 3.8) is 0 Å². The fourth-order valence-electron chi connectivity index (χ4n) is 1.90. The number of hydrogen-bond donors (Lipinski definition) is 1. The normalized spacial score (nSPS) is 17.7. The Morgan fingerprint density at radius 2 is 2.20 bits per heavy atom. The number of carbonyl (C=O) groups is 1. The predicted molar refractivity (Wildman–Crippen MR) is 56.4 cm³/mol. The van der Waals surface area contributed by atoms with Gasteiger partial charge in [0.05, 0.1) is 13.4 Å². The molecule has 1 aliphatic rings. The zero-order chi connectivity index (χ0) is 10.8. The first kappa shape index (κ1) is 9.77. The van der Waals surface area contributed by atoms with Crippen LogP contribution < -0.4 is 4.74 Å². The highest BCUT2D eigenvalue weighted by atomic mass is 16.5. The number of ketones is 1. The Morgan fingerprint density at radius 3 is 2.87 bits per heavy atom. The molecule has 1 aromatic rings. The zero-order valence-corrected chi connectivity index (χ0v) is 8.49. The lowest BCUT2D eigenvalue weighted by molar-refractivity contribution is 0.102. The van der Waals surface area contributed by atoms with Crippen molar-refractivity contribution in [1.82, 2.24) is 0 Å². The Labute approximate surface area is 88.0 Å². The highest BCUT2D eigenvalue weighted by Crippen LogP contribution is 2.31. The Balaban J connectivity index is 2.54. The highest BCUT2D eigenvalue weighted by Gasteiger charge is 2.24. The van der Waals surface area contributed by atoms with E-state index in [1.165, 1.54) is 0 Å². The monoisotopic (exact) mass is 204 g/mol. The molecule has 0 saturated carbocycles. The minimum Gasteiger partial charge on any atom is -0.515 e. The number of aliphatic hydroxyl groups excluding tert-OH is 1. The van der Waals surface area contributed by atoms with Crippen LogP contribution in [0.15, 0.2) is 30.0 Å². The molecule has 0 bridgehead atoms. The molecule has 1 aliphatic carbocycles. The van der Waals surface area contributed by atoms with Crippen molar-refractivity contribution < 1.29 is 14.6 Å². The van der Waals surface area contributed by atoms with Gasteiger partial charge in [0.1, 0.15) is 5.75 Å². The first-order valence-electron chi connectivity index (χ1n) is 4.81. The number of methoxy groups -OCH3 is 1. The molecule has 0 saturated heterocycles. The number of benzene rings is 1. The van der Waals surface area contributed by atoms with Gasteiger partial charge >= 0.3 is 0 Å². The number of ether oxygens (including phenoxy) is 1. The number of hydrogen-bond acceptors (Lipinski definition) is 3. The summed E-state index contributed by atoms with van der Waals surface area (Å²) in [5.41, 5.74) is 2.05. The van der Waals surface area contributed by atoms with Gasteiger partial charge in [0.25, 0.3) is 0 Å².